The minimum atomic E-state index is 0.974. The molecule has 0 radical (unpaired) electrons. The van der Waals surface area contributed by atoms with Gasteiger partial charge in [-0.3, -0.25) is 0 Å². The highest BCUT2D eigenvalue weighted by Crippen LogP contribution is 2.45. The van der Waals surface area contributed by atoms with Crippen LogP contribution < -0.4 is 0 Å². The van der Waals surface area contributed by atoms with Crippen LogP contribution in [-0.4, -0.2) is 0 Å². The van der Waals surface area contributed by atoms with E-state index in [9.17, 15) is 0 Å². The Kier molecular flexibility index (Phi) is 1.55. The average Bonchev–Trinajstić information content (AvgIpc) is 2.48. The molecule has 0 saturated heterocycles. The molecule has 0 aliphatic heterocycles. The van der Waals surface area contributed by atoms with E-state index in [0.29, 0.717) is 0 Å². The van der Waals surface area contributed by atoms with Crippen molar-refractivity contribution < 1.29 is 0 Å². The monoisotopic (exact) mass is 136 g/mol. The van der Waals surface area contributed by atoms with Crippen LogP contribution in [0.15, 0.2) is 12.2 Å². The van der Waals surface area contributed by atoms with Crippen LogP contribution in [-0.2, 0) is 0 Å². The van der Waals surface area contributed by atoms with Crippen molar-refractivity contribution in [2.45, 2.75) is 32.6 Å². The third-order valence-electron chi connectivity index (χ3n) is 3.08. The van der Waals surface area contributed by atoms with Crippen LogP contribution in [0.1, 0.15) is 32.6 Å². The van der Waals surface area contributed by atoms with Gasteiger partial charge >= 0.3 is 0 Å². The molecule has 3 atom stereocenters. The van der Waals surface area contributed by atoms with Crippen LogP contribution in [0, 0.1) is 17.8 Å². The van der Waals surface area contributed by atoms with Crippen molar-refractivity contribution in [2.75, 3.05) is 0 Å². The Bertz CT molecular complexity index is 146. The molecule has 2 rings (SSSR count). The maximum atomic E-state index is 2.45. The average molecular weight is 136 g/mol. The Balaban J connectivity index is 1.96. The zero-order chi connectivity index (χ0) is 6.97. The molecule has 1 fully saturated rings. The lowest BCUT2D eigenvalue weighted by molar-refractivity contribution is 0.412. The van der Waals surface area contributed by atoms with Crippen molar-refractivity contribution in [1.82, 2.24) is 0 Å². The van der Waals surface area contributed by atoms with Gasteiger partial charge in [-0.15, -0.1) is 0 Å². The van der Waals surface area contributed by atoms with E-state index in [2.05, 4.69) is 19.1 Å². The molecule has 0 heteroatoms. The number of allylic oxidation sites excluding steroid dienone is 2. The first kappa shape index (κ1) is 6.45. The number of hydrogen-bond acceptors (Lipinski definition) is 0. The highest BCUT2D eigenvalue weighted by Gasteiger charge is 2.34. The Hall–Kier alpha value is -0.260. The normalized spacial score (nSPS) is 43.1. The highest BCUT2D eigenvalue weighted by atomic mass is 14.4. The minimum Gasteiger partial charge on any atom is -0.0851 e. The summed E-state index contributed by atoms with van der Waals surface area (Å²) in [5, 5.41) is 0. The van der Waals surface area contributed by atoms with Crippen LogP contribution in [0.4, 0.5) is 0 Å². The number of rotatable bonds is 2. The summed E-state index contributed by atoms with van der Waals surface area (Å²) in [7, 11) is 0. The first-order valence-corrected chi connectivity index (χ1v) is 4.58. The van der Waals surface area contributed by atoms with E-state index >= 15 is 0 Å². The van der Waals surface area contributed by atoms with E-state index in [0.717, 1.165) is 17.8 Å². The Labute approximate surface area is 63.3 Å². The highest BCUT2D eigenvalue weighted by molar-refractivity contribution is 5.09. The fourth-order valence-electron chi connectivity index (χ4n) is 2.60. The van der Waals surface area contributed by atoms with Crippen LogP contribution in [0.3, 0.4) is 0 Å². The molecule has 2 aliphatic carbocycles. The van der Waals surface area contributed by atoms with Gasteiger partial charge in [-0.2, -0.15) is 0 Å². The van der Waals surface area contributed by atoms with Gasteiger partial charge in [0.25, 0.3) is 0 Å². The molecular weight excluding hydrogens is 120 g/mol. The molecule has 0 spiro atoms. The van der Waals surface area contributed by atoms with Crippen molar-refractivity contribution in [2.24, 2.45) is 17.8 Å². The second-order valence-electron chi connectivity index (χ2n) is 3.83. The number of fused-ring (bicyclic) bond motifs is 2. The maximum absolute atomic E-state index is 2.45. The van der Waals surface area contributed by atoms with E-state index in [1.807, 2.05) is 0 Å². The lowest BCUT2D eigenvalue weighted by atomic mass is 9.90. The van der Waals surface area contributed by atoms with Crippen LogP contribution in [0.5, 0.6) is 0 Å². The van der Waals surface area contributed by atoms with Crippen molar-refractivity contribution >= 4 is 0 Å². The third kappa shape index (κ3) is 0.902. The lowest BCUT2D eigenvalue weighted by Crippen LogP contribution is -2.05. The topological polar surface area (TPSA) is 0 Å². The van der Waals surface area contributed by atoms with E-state index < -0.39 is 0 Å². The molecule has 1 saturated carbocycles. The van der Waals surface area contributed by atoms with Crippen molar-refractivity contribution in [3.63, 3.8) is 0 Å². The summed E-state index contributed by atoms with van der Waals surface area (Å²) < 4.78 is 0. The quantitative estimate of drug-likeness (QED) is 0.512. The fourth-order valence-corrected chi connectivity index (χ4v) is 2.60. The molecule has 0 N–H and O–H groups in total. The number of hydrogen-bond donors (Lipinski definition) is 0. The second kappa shape index (κ2) is 2.41. The van der Waals surface area contributed by atoms with Gasteiger partial charge in [0.15, 0.2) is 0 Å². The van der Waals surface area contributed by atoms with Gasteiger partial charge in [0.05, 0.1) is 0 Å². The summed E-state index contributed by atoms with van der Waals surface area (Å²) in [5.74, 6) is 3.01. The van der Waals surface area contributed by atoms with Gasteiger partial charge in [-0.1, -0.05) is 31.9 Å². The van der Waals surface area contributed by atoms with Gasteiger partial charge in [0.1, 0.15) is 0 Å². The smallest absolute Gasteiger partial charge is 0.0199 e. The van der Waals surface area contributed by atoms with Crippen molar-refractivity contribution in [3.8, 4) is 0 Å². The summed E-state index contributed by atoms with van der Waals surface area (Å²) in [6.07, 6.45) is 10.7. The summed E-state index contributed by atoms with van der Waals surface area (Å²) in [5.41, 5.74) is 0. The summed E-state index contributed by atoms with van der Waals surface area (Å²) in [4.78, 5) is 0. The molecule has 0 aromatic carbocycles. The van der Waals surface area contributed by atoms with Crippen molar-refractivity contribution in [1.29, 1.82) is 0 Å². The molecule has 0 aromatic rings. The Morgan fingerprint density at radius 2 is 2.20 bits per heavy atom. The van der Waals surface area contributed by atoms with Gasteiger partial charge in [0, 0.05) is 0 Å². The van der Waals surface area contributed by atoms with Crippen LogP contribution >= 0.6 is 0 Å². The zero-order valence-electron chi connectivity index (χ0n) is 6.72. The molecule has 0 nitrogen and oxygen atoms in total. The fraction of sp³-hybridized carbons (Fsp3) is 0.800. The molecular formula is C10H16. The molecule has 0 amide bonds. The van der Waals surface area contributed by atoms with Gasteiger partial charge in [-0.05, 0) is 30.6 Å². The largest absolute Gasteiger partial charge is 0.0851 e. The van der Waals surface area contributed by atoms with Gasteiger partial charge < -0.3 is 0 Å². The third-order valence-corrected chi connectivity index (χ3v) is 3.08. The first-order chi connectivity index (χ1) is 4.90. The Morgan fingerprint density at radius 3 is 2.70 bits per heavy atom. The van der Waals surface area contributed by atoms with E-state index in [-0.39, 0.29) is 0 Å². The molecule has 2 bridgehead atoms. The first-order valence-electron chi connectivity index (χ1n) is 4.58. The van der Waals surface area contributed by atoms with Crippen LogP contribution in [0.2, 0.25) is 0 Å². The van der Waals surface area contributed by atoms with Crippen LogP contribution in [0.25, 0.3) is 0 Å². The van der Waals surface area contributed by atoms with E-state index in [4.69, 9.17) is 0 Å². The van der Waals surface area contributed by atoms with Gasteiger partial charge in [-0.25, -0.2) is 0 Å². The summed E-state index contributed by atoms with van der Waals surface area (Å²) in [6, 6.07) is 0. The Morgan fingerprint density at radius 1 is 1.30 bits per heavy atom. The predicted molar refractivity (Wildman–Crippen MR) is 43.8 cm³/mol. The van der Waals surface area contributed by atoms with Gasteiger partial charge in [0.2, 0.25) is 0 Å². The summed E-state index contributed by atoms with van der Waals surface area (Å²) >= 11 is 0. The minimum absolute atomic E-state index is 0.974. The van der Waals surface area contributed by atoms with E-state index in [1.54, 1.807) is 0 Å². The summed E-state index contributed by atoms with van der Waals surface area (Å²) in [6.45, 7) is 2.30. The molecule has 2 aliphatic rings. The molecule has 10 heavy (non-hydrogen) atoms. The molecule has 0 heterocycles. The standard InChI is InChI=1S/C10H16/c1-2-3-9-6-8-4-5-10(9)7-8/h4-5,8-10H,2-3,6-7H2,1H3. The predicted octanol–water partition coefficient (Wildman–Crippen LogP) is 3.00. The van der Waals surface area contributed by atoms with E-state index in [1.165, 1.54) is 25.7 Å². The SMILES string of the molecule is CCCC1CC2C=CC1C2. The molecule has 0 aromatic heterocycles. The molecule has 3 unspecified atom stereocenters. The van der Waals surface area contributed by atoms with Crippen molar-refractivity contribution in [3.05, 3.63) is 12.2 Å². The molecule has 56 valence electrons. The maximum Gasteiger partial charge on any atom is -0.0199 e. The zero-order valence-corrected chi connectivity index (χ0v) is 6.72. The second-order valence-corrected chi connectivity index (χ2v) is 3.83. The lowest BCUT2D eigenvalue weighted by Gasteiger charge is -2.16.